The van der Waals surface area contributed by atoms with E-state index in [1.54, 1.807) is 10.8 Å². The van der Waals surface area contributed by atoms with Gasteiger partial charge in [0.15, 0.2) is 6.61 Å². The van der Waals surface area contributed by atoms with E-state index in [-0.39, 0.29) is 12.5 Å². The Bertz CT molecular complexity index is 1120. The molecular weight excluding hydrogens is 410 g/mol. The Morgan fingerprint density at radius 1 is 1.21 bits per heavy atom. The van der Waals surface area contributed by atoms with Crippen LogP contribution in [0, 0.1) is 13.8 Å². The molecule has 0 unspecified atom stereocenters. The van der Waals surface area contributed by atoms with Gasteiger partial charge in [0, 0.05) is 17.1 Å². The molecule has 2 aromatic heterocycles. The van der Waals surface area contributed by atoms with E-state index in [0.717, 1.165) is 32.2 Å². The van der Waals surface area contributed by atoms with Crippen LogP contribution in [-0.2, 0) is 11.3 Å². The molecule has 0 atom stereocenters. The van der Waals surface area contributed by atoms with Gasteiger partial charge in [0.2, 0.25) is 4.96 Å². The predicted octanol–water partition coefficient (Wildman–Crippen LogP) is 3.82. The van der Waals surface area contributed by atoms with Crippen LogP contribution in [0.5, 0.6) is 5.75 Å². The molecule has 4 rings (SSSR count). The molecule has 1 N–H and O–H groups in total. The number of carbonyl (C=O) groups excluding carboxylic acids is 1. The number of nitrogens with one attached hydrogen (secondary N) is 1. The number of benzene rings is 2. The molecular formula is C20H18ClN5O2S. The summed E-state index contributed by atoms with van der Waals surface area (Å²) in [4.78, 5) is 12.9. The van der Waals surface area contributed by atoms with E-state index < -0.39 is 0 Å². The van der Waals surface area contributed by atoms with Crippen LogP contribution in [0.15, 0.2) is 42.7 Å². The maximum absolute atomic E-state index is 12.1. The topological polar surface area (TPSA) is 81.4 Å². The third kappa shape index (κ3) is 4.38. The normalized spacial score (nSPS) is 11.0. The van der Waals surface area contributed by atoms with Gasteiger partial charge in [-0.2, -0.15) is 9.61 Å². The SMILES string of the molecule is Cc1cc(OCC(=O)NCc2ccc(-c3nn4cnnc4s3)cc2)cc(C)c1Cl. The Kier molecular flexibility index (Phi) is 5.46. The van der Waals surface area contributed by atoms with Gasteiger partial charge in [0.05, 0.1) is 0 Å². The molecule has 0 radical (unpaired) electrons. The Labute approximate surface area is 176 Å². The van der Waals surface area contributed by atoms with Crippen molar-refractivity contribution in [2.75, 3.05) is 6.61 Å². The molecule has 0 saturated carbocycles. The van der Waals surface area contributed by atoms with Crippen molar-refractivity contribution >= 4 is 33.8 Å². The summed E-state index contributed by atoms with van der Waals surface area (Å²) in [6, 6.07) is 11.5. The van der Waals surface area contributed by atoms with Crippen molar-refractivity contribution in [2.24, 2.45) is 0 Å². The number of amides is 1. The Morgan fingerprint density at radius 2 is 1.93 bits per heavy atom. The zero-order valence-corrected chi connectivity index (χ0v) is 17.4. The number of nitrogens with zero attached hydrogens (tertiary/aromatic N) is 4. The highest BCUT2D eigenvalue weighted by Crippen LogP contribution is 2.26. The second-order valence-corrected chi connectivity index (χ2v) is 7.93. The van der Waals surface area contributed by atoms with Crippen molar-refractivity contribution in [1.29, 1.82) is 0 Å². The first kappa shape index (κ1) is 19.4. The van der Waals surface area contributed by atoms with Crippen molar-refractivity contribution in [3.63, 3.8) is 0 Å². The van der Waals surface area contributed by atoms with Gasteiger partial charge in [-0.25, -0.2) is 0 Å². The molecule has 148 valence electrons. The molecule has 1 amide bonds. The lowest BCUT2D eigenvalue weighted by molar-refractivity contribution is -0.123. The first-order valence-electron chi connectivity index (χ1n) is 8.92. The minimum atomic E-state index is -0.187. The number of ether oxygens (including phenoxy) is 1. The lowest BCUT2D eigenvalue weighted by Gasteiger charge is -2.10. The van der Waals surface area contributed by atoms with E-state index in [4.69, 9.17) is 16.3 Å². The molecule has 0 saturated heterocycles. The van der Waals surface area contributed by atoms with Crippen molar-refractivity contribution in [3.05, 3.63) is 64.4 Å². The first-order chi connectivity index (χ1) is 14.0. The van der Waals surface area contributed by atoms with E-state index in [0.29, 0.717) is 17.3 Å². The van der Waals surface area contributed by atoms with E-state index in [1.165, 1.54) is 11.3 Å². The van der Waals surface area contributed by atoms with Crippen LogP contribution in [0.1, 0.15) is 16.7 Å². The van der Waals surface area contributed by atoms with Crippen LogP contribution in [-0.4, -0.2) is 32.3 Å². The minimum Gasteiger partial charge on any atom is -0.484 e. The molecule has 29 heavy (non-hydrogen) atoms. The summed E-state index contributed by atoms with van der Waals surface area (Å²) in [7, 11) is 0. The first-order valence-corrected chi connectivity index (χ1v) is 10.1. The van der Waals surface area contributed by atoms with Crippen molar-refractivity contribution < 1.29 is 9.53 Å². The van der Waals surface area contributed by atoms with Crippen LogP contribution >= 0.6 is 22.9 Å². The highest BCUT2D eigenvalue weighted by Gasteiger charge is 2.09. The number of hydrogen-bond acceptors (Lipinski definition) is 6. The quantitative estimate of drug-likeness (QED) is 0.506. The predicted molar refractivity (Wildman–Crippen MR) is 112 cm³/mol. The van der Waals surface area contributed by atoms with Crippen LogP contribution in [0.4, 0.5) is 0 Å². The molecule has 0 fully saturated rings. The Hall–Kier alpha value is -2.97. The van der Waals surface area contributed by atoms with Gasteiger partial charge in [0.1, 0.15) is 17.1 Å². The molecule has 0 bridgehead atoms. The van der Waals surface area contributed by atoms with Gasteiger partial charge in [-0.1, -0.05) is 47.2 Å². The van der Waals surface area contributed by atoms with Gasteiger partial charge in [0.25, 0.3) is 5.91 Å². The van der Waals surface area contributed by atoms with E-state index in [9.17, 15) is 4.79 Å². The molecule has 4 aromatic rings. The third-order valence-electron chi connectivity index (χ3n) is 4.36. The van der Waals surface area contributed by atoms with Gasteiger partial charge in [-0.3, -0.25) is 4.79 Å². The molecule has 2 heterocycles. The average molecular weight is 428 g/mol. The molecule has 9 heteroatoms. The molecule has 0 aliphatic rings. The lowest BCUT2D eigenvalue weighted by Crippen LogP contribution is -2.28. The van der Waals surface area contributed by atoms with Crippen LogP contribution in [0.2, 0.25) is 5.02 Å². The van der Waals surface area contributed by atoms with Crippen molar-refractivity contribution in [2.45, 2.75) is 20.4 Å². The van der Waals surface area contributed by atoms with E-state index in [1.807, 2.05) is 50.2 Å². The summed E-state index contributed by atoms with van der Waals surface area (Å²) in [6.45, 7) is 4.19. The second kappa shape index (κ2) is 8.18. The highest BCUT2D eigenvalue weighted by atomic mass is 35.5. The van der Waals surface area contributed by atoms with Crippen LogP contribution in [0.3, 0.4) is 0 Å². The maximum atomic E-state index is 12.1. The highest BCUT2D eigenvalue weighted by molar-refractivity contribution is 7.19. The standard InChI is InChI=1S/C20H18ClN5O2S/c1-12-7-16(8-13(2)18(12)21)28-10-17(27)22-9-14-3-5-15(6-4-14)19-25-26-11-23-24-20(26)29-19/h3-8,11H,9-10H2,1-2H3,(H,22,27). The van der Waals surface area contributed by atoms with E-state index >= 15 is 0 Å². The summed E-state index contributed by atoms with van der Waals surface area (Å²) in [6.07, 6.45) is 1.58. The summed E-state index contributed by atoms with van der Waals surface area (Å²) in [5.74, 6) is 0.446. The number of halogens is 1. The van der Waals surface area contributed by atoms with Gasteiger partial charge in [-0.15, -0.1) is 10.2 Å². The molecule has 2 aromatic carbocycles. The van der Waals surface area contributed by atoms with Crippen LogP contribution in [0.25, 0.3) is 15.5 Å². The average Bonchev–Trinajstić information content (AvgIpc) is 3.31. The zero-order chi connectivity index (χ0) is 20.4. The van der Waals surface area contributed by atoms with Crippen molar-refractivity contribution in [1.82, 2.24) is 25.1 Å². The van der Waals surface area contributed by atoms with Crippen molar-refractivity contribution in [3.8, 4) is 16.3 Å². The molecule has 0 aliphatic carbocycles. The zero-order valence-electron chi connectivity index (χ0n) is 15.8. The number of aromatic nitrogens is 4. The molecule has 7 nitrogen and oxygen atoms in total. The van der Waals surface area contributed by atoms with E-state index in [2.05, 4.69) is 20.6 Å². The van der Waals surface area contributed by atoms with Crippen LogP contribution < -0.4 is 10.1 Å². The Morgan fingerprint density at radius 3 is 2.62 bits per heavy atom. The monoisotopic (exact) mass is 427 g/mol. The lowest BCUT2D eigenvalue weighted by atomic mass is 10.1. The number of carbonyl (C=O) groups is 1. The summed E-state index contributed by atoms with van der Waals surface area (Å²) in [5.41, 5.74) is 3.83. The fourth-order valence-electron chi connectivity index (χ4n) is 2.83. The smallest absolute Gasteiger partial charge is 0.258 e. The summed E-state index contributed by atoms with van der Waals surface area (Å²) < 4.78 is 7.23. The largest absolute Gasteiger partial charge is 0.484 e. The number of aryl methyl sites for hydroxylation is 2. The Balaban J connectivity index is 1.30. The minimum absolute atomic E-state index is 0.0501. The second-order valence-electron chi connectivity index (χ2n) is 6.60. The number of rotatable bonds is 6. The third-order valence-corrected chi connectivity index (χ3v) is 5.92. The maximum Gasteiger partial charge on any atom is 0.258 e. The molecule has 0 aliphatic heterocycles. The number of hydrogen-bond donors (Lipinski definition) is 1. The van der Waals surface area contributed by atoms with Gasteiger partial charge < -0.3 is 10.1 Å². The summed E-state index contributed by atoms with van der Waals surface area (Å²) >= 11 is 7.62. The fourth-order valence-corrected chi connectivity index (χ4v) is 3.77. The summed E-state index contributed by atoms with van der Waals surface area (Å²) in [5, 5.41) is 16.7. The number of fused-ring (bicyclic) bond motifs is 1. The van der Waals surface area contributed by atoms with Gasteiger partial charge >= 0.3 is 0 Å². The fraction of sp³-hybridized carbons (Fsp3) is 0.200. The van der Waals surface area contributed by atoms with Gasteiger partial charge in [-0.05, 0) is 42.7 Å². The molecule has 0 spiro atoms.